The van der Waals surface area contributed by atoms with Crippen molar-refractivity contribution < 1.29 is 24.5 Å². The number of hydrogen-bond donors (Lipinski definition) is 2. The standard InChI is InChI=1S/C8H14O5/c1-6(5-10)8(12)13-7(11)3-2-4-9/h6,9-10H,2-5H2,1H3. The Morgan fingerprint density at radius 1 is 1.38 bits per heavy atom. The minimum absolute atomic E-state index is 0.0143. The molecule has 1 atom stereocenters. The van der Waals surface area contributed by atoms with Gasteiger partial charge in [0.1, 0.15) is 0 Å². The second kappa shape index (κ2) is 6.56. The van der Waals surface area contributed by atoms with Crippen molar-refractivity contribution in [1.82, 2.24) is 0 Å². The molecule has 0 spiro atoms. The summed E-state index contributed by atoms with van der Waals surface area (Å²) < 4.78 is 4.36. The number of rotatable bonds is 5. The van der Waals surface area contributed by atoms with Crippen LogP contribution in [-0.4, -0.2) is 35.4 Å². The molecule has 0 saturated carbocycles. The first-order valence-electron chi connectivity index (χ1n) is 4.08. The zero-order valence-electron chi connectivity index (χ0n) is 7.52. The summed E-state index contributed by atoms with van der Waals surface area (Å²) in [4.78, 5) is 21.7. The number of aliphatic hydroxyl groups excluding tert-OH is 2. The fourth-order valence-corrected chi connectivity index (χ4v) is 0.562. The third-order valence-corrected chi connectivity index (χ3v) is 1.43. The van der Waals surface area contributed by atoms with Gasteiger partial charge in [0.2, 0.25) is 0 Å². The molecule has 2 N–H and O–H groups in total. The maximum Gasteiger partial charge on any atom is 0.318 e. The lowest BCUT2D eigenvalue weighted by molar-refractivity contribution is -0.163. The molecule has 5 nitrogen and oxygen atoms in total. The lowest BCUT2D eigenvalue weighted by Gasteiger charge is -2.06. The van der Waals surface area contributed by atoms with E-state index in [1.807, 2.05) is 0 Å². The molecule has 1 unspecified atom stereocenters. The highest BCUT2D eigenvalue weighted by Crippen LogP contribution is 1.99. The zero-order chi connectivity index (χ0) is 10.3. The molecule has 0 aliphatic rings. The van der Waals surface area contributed by atoms with E-state index in [9.17, 15) is 9.59 Å². The molecule has 5 heteroatoms. The molecule has 13 heavy (non-hydrogen) atoms. The fraction of sp³-hybridized carbons (Fsp3) is 0.750. The van der Waals surface area contributed by atoms with Gasteiger partial charge in [0.05, 0.1) is 12.5 Å². The van der Waals surface area contributed by atoms with Crippen molar-refractivity contribution in [2.45, 2.75) is 19.8 Å². The Labute approximate surface area is 76.3 Å². The van der Waals surface area contributed by atoms with Crippen LogP contribution in [-0.2, 0) is 14.3 Å². The van der Waals surface area contributed by atoms with Crippen molar-refractivity contribution in [3.8, 4) is 0 Å². The summed E-state index contributed by atoms with van der Waals surface area (Å²) in [6.07, 6.45) is 0.292. The number of hydrogen-bond acceptors (Lipinski definition) is 5. The highest BCUT2D eigenvalue weighted by molar-refractivity contribution is 5.86. The molecule has 0 amide bonds. The smallest absolute Gasteiger partial charge is 0.318 e. The molecule has 0 rings (SSSR count). The zero-order valence-corrected chi connectivity index (χ0v) is 7.52. The van der Waals surface area contributed by atoms with Gasteiger partial charge in [-0.15, -0.1) is 0 Å². The van der Waals surface area contributed by atoms with E-state index in [1.165, 1.54) is 6.92 Å². The lowest BCUT2D eigenvalue weighted by atomic mass is 10.2. The fourth-order valence-electron chi connectivity index (χ4n) is 0.562. The topological polar surface area (TPSA) is 83.8 Å². The first-order valence-corrected chi connectivity index (χ1v) is 4.08. The van der Waals surface area contributed by atoms with Crippen LogP contribution in [0.2, 0.25) is 0 Å². The van der Waals surface area contributed by atoms with E-state index in [-0.39, 0.29) is 26.1 Å². The summed E-state index contributed by atoms with van der Waals surface area (Å²) in [5, 5.41) is 16.9. The van der Waals surface area contributed by atoms with Crippen molar-refractivity contribution >= 4 is 11.9 Å². The highest BCUT2D eigenvalue weighted by atomic mass is 16.6. The third-order valence-electron chi connectivity index (χ3n) is 1.43. The van der Waals surface area contributed by atoms with Gasteiger partial charge in [-0.25, -0.2) is 0 Å². The van der Waals surface area contributed by atoms with Gasteiger partial charge in [0, 0.05) is 13.0 Å². The van der Waals surface area contributed by atoms with Gasteiger partial charge in [-0.2, -0.15) is 0 Å². The first-order chi connectivity index (χ1) is 6.11. The van der Waals surface area contributed by atoms with E-state index in [0.29, 0.717) is 0 Å². The Morgan fingerprint density at radius 2 is 2.00 bits per heavy atom. The number of ether oxygens (including phenoxy) is 1. The number of carbonyl (C=O) groups excluding carboxylic acids is 2. The average Bonchev–Trinajstić information content (AvgIpc) is 2.13. The summed E-state index contributed by atoms with van der Waals surface area (Å²) in [6.45, 7) is 1.01. The van der Waals surface area contributed by atoms with Crippen LogP contribution < -0.4 is 0 Å². The second-order valence-electron chi connectivity index (χ2n) is 2.70. The monoisotopic (exact) mass is 190 g/mol. The molecule has 76 valence electrons. The molecular formula is C8H14O5. The van der Waals surface area contributed by atoms with Crippen molar-refractivity contribution in [3.05, 3.63) is 0 Å². The Morgan fingerprint density at radius 3 is 2.46 bits per heavy atom. The van der Waals surface area contributed by atoms with Crippen molar-refractivity contribution in [3.63, 3.8) is 0 Å². The minimum Gasteiger partial charge on any atom is -0.396 e. The molecule has 0 aromatic rings. The molecular weight excluding hydrogens is 176 g/mol. The normalized spacial score (nSPS) is 12.2. The lowest BCUT2D eigenvalue weighted by Crippen LogP contribution is -2.21. The number of aliphatic hydroxyl groups is 2. The van der Waals surface area contributed by atoms with Crippen LogP contribution in [0.15, 0.2) is 0 Å². The van der Waals surface area contributed by atoms with Crippen LogP contribution in [0.4, 0.5) is 0 Å². The predicted molar refractivity (Wildman–Crippen MR) is 43.7 cm³/mol. The van der Waals surface area contributed by atoms with E-state index in [1.54, 1.807) is 0 Å². The molecule has 0 aromatic heterocycles. The van der Waals surface area contributed by atoms with E-state index in [0.717, 1.165) is 0 Å². The molecule has 0 aliphatic heterocycles. The Balaban J connectivity index is 3.71. The van der Waals surface area contributed by atoms with E-state index in [4.69, 9.17) is 10.2 Å². The van der Waals surface area contributed by atoms with Crippen LogP contribution in [0.3, 0.4) is 0 Å². The molecule has 0 aromatic carbocycles. The molecule has 0 saturated heterocycles. The summed E-state index contributed by atoms with van der Waals surface area (Å²) >= 11 is 0. The average molecular weight is 190 g/mol. The molecule has 0 fully saturated rings. The maximum absolute atomic E-state index is 10.9. The van der Waals surface area contributed by atoms with Crippen molar-refractivity contribution in [2.24, 2.45) is 5.92 Å². The molecule has 0 radical (unpaired) electrons. The van der Waals surface area contributed by atoms with Crippen molar-refractivity contribution in [2.75, 3.05) is 13.2 Å². The second-order valence-corrected chi connectivity index (χ2v) is 2.70. The van der Waals surface area contributed by atoms with E-state index in [2.05, 4.69) is 4.74 Å². The van der Waals surface area contributed by atoms with Gasteiger partial charge < -0.3 is 14.9 Å². The Hall–Kier alpha value is -0.940. The van der Waals surface area contributed by atoms with E-state index < -0.39 is 17.9 Å². The molecule has 0 aliphatic carbocycles. The van der Waals surface area contributed by atoms with Crippen LogP contribution in [0.1, 0.15) is 19.8 Å². The molecule has 0 bridgehead atoms. The quantitative estimate of drug-likeness (QED) is 0.449. The van der Waals surface area contributed by atoms with Gasteiger partial charge in [-0.05, 0) is 13.3 Å². The van der Waals surface area contributed by atoms with Gasteiger partial charge >= 0.3 is 11.9 Å². The predicted octanol–water partition coefficient (Wildman–Crippen LogP) is -0.543. The van der Waals surface area contributed by atoms with Crippen LogP contribution in [0, 0.1) is 5.92 Å². The largest absolute Gasteiger partial charge is 0.396 e. The van der Waals surface area contributed by atoms with Crippen LogP contribution in [0.5, 0.6) is 0 Å². The number of esters is 2. The van der Waals surface area contributed by atoms with Gasteiger partial charge in [0.25, 0.3) is 0 Å². The van der Waals surface area contributed by atoms with Gasteiger partial charge in [-0.3, -0.25) is 9.59 Å². The van der Waals surface area contributed by atoms with Gasteiger partial charge in [-0.1, -0.05) is 0 Å². The maximum atomic E-state index is 10.9. The van der Waals surface area contributed by atoms with E-state index >= 15 is 0 Å². The summed E-state index contributed by atoms with van der Waals surface area (Å²) in [5.41, 5.74) is 0. The van der Waals surface area contributed by atoms with Gasteiger partial charge in [0.15, 0.2) is 0 Å². The van der Waals surface area contributed by atoms with Crippen LogP contribution in [0.25, 0.3) is 0 Å². The highest BCUT2D eigenvalue weighted by Gasteiger charge is 2.16. The SMILES string of the molecule is CC(CO)C(=O)OC(=O)CCCO. The minimum atomic E-state index is -0.731. The first kappa shape index (κ1) is 12.1. The summed E-state index contributed by atoms with van der Waals surface area (Å²) in [5.74, 6) is -2.08. The third kappa shape index (κ3) is 5.32. The summed E-state index contributed by atoms with van der Waals surface area (Å²) in [7, 11) is 0. The van der Waals surface area contributed by atoms with Crippen LogP contribution >= 0.6 is 0 Å². The number of carbonyl (C=O) groups is 2. The molecule has 0 heterocycles. The Kier molecular flexibility index (Phi) is 6.09. The van der Waals surface area contributed by atoms with Crippen molar-refractivity contribution in [1.29, 1.82) is 0 Å². The summed E-state index contributed by atoms with van der Waals surface area (Å²) in [6, 6.07) is 0. The Bertz CT molecular complexity index is 177.